The number of nitrogens with two attached hydrogens (primary N) is 1. The first-order valence-corrected chi connectivity index (χ1v) is 5.72. The number of carbonyl (C=O) groups excluding carboxylic acids is 1. The molecule has 0 spiro atoms. The molecule has 0 aliphatic rings. The third kappa shape index (κ3) is 2.49. The van der Waals surface area contributed by atoms with E-state index in [0.717, 1.165) is 6.07 Å². The molecule has 104 valence electrons. The van der Waals surface area contributed by atoms with Gasteiger partial charge in [0.15, 0.2) is 0 Å². The third-order valence-electron chi connectivity index (χ3n) is 2.74. The number of hydrogen-bond donors (Lipinski definition) is 2. The van der Waals surface area contributed by atoms with Crippen LogP contribution >= 0.6 is 0 Å². The van der Waals surface area contributed by atoms with Gasteiger partial charge in [-0.25, -0.2) is 9.18 Å². The molecule has 0 fully saturated rings. The summed E-state index contributed by atoms with van der Waals surface area (Å²) in [6.07, 6.45) is 1.47. The molecule has 0 saturated carbocycles. The molecule has 0 radical (unpaired) electrons. The molecule has 0 aliphatic carbocycles. The lowest BCUT2D eigenvalue weighted by Crippen LogP contribution is -2.11. The van der Waals surface area contributed by atoms with E-state index in [0.29, 0.717) is 0 Å². The average Bonchev–Trinajstić information content (AvgIpc) is 2.46. The van der Waals surface area contributed by atoms with Crippen LogP contribution in [0.5, 0.6) is 0 Å². The van der Waals surface area contributed by atoms with Gasteiger partial charge in [-0.1, -0.05) is 0 Å². The van der Waals surface area contributed by atoms with Crippen LogP contribution < -0.4 is 5.73 Å². The molecule has 5 nitrogen and oxygen atoms in total. The van der Waals surface area contributed by atoms with Crippen LogP contribution in [0.25, 0.3) is 0 Å². The van der Waals surface area contributed by atoms with E-state index < -0.39 is 11.8 Å². The van der Waals surface area contributed by atoms with Crippen molar-refractivity contribution >= 4 is 17.4 Å². The monoisotopic (exact) mass is 275 g/mol. The summed E-state index contributed by atoms with van der Waals surface area (Å²) in [6.45, 7) is 0. The summed E-state index contributed by atoms with van der Waals surface area (Å²) in [5, 5.41) is 7.98. The second-order valence-electron chi connectivity index (χ2n) is 4.00. The number of aromatic nitrogens is 1. The number of anilines is 1. The van der Waals surface area contributed by atoms with Crippen molar-refractivity contribution in [3.63, 3.8) is 0 Å². The lowest BCUT2D eigenvalue weighted by molar-refractivity contribution is 0.0600. The zero-order valence-corrected chi connectivity index (χ0v) is 10.7. The molecule has 2 rings (SSSR count). The minimum Gasteiger partial charge on any atom is -0.465 e. The Kier molecular flexibility index (Phi) is 3.74. The van der Waals surface area contributed by atoms with E-state index in [1.807, 2.05) is 0 Å². The van der Waals surface area contributed by atoms with E-state index in [1.165, 1.54) is 25.4 Å². The molecule has 1 aromatic carbocycles. The normalized spacial score (nSPS) is 10.1. The predicted molar refractivity (Wildman–Crippen MR) is 74.4 cm³/mol. The van der Waals surface area contributed by atoms with Gasteiger partial charge >= 0.3 is 5.97 Å². The van der Waals surface area contributed by atoms with Gasteiger partial charge in [0, 0.05) is 13.2 Å². The van der Waals surface area contributed by atoms with Crippen LogP contribution in [-0.4, -0.2) is 23.8 Å². The fourth-order valence-corrected chi connectivity index (χ4v) is 1.72. The standard InChI is InChI=1S/C14H12FN3O2.H2/c1-20-14(19)8-4-5-9(10(15)7-8)12(17)13-11(16)3-2-6-18-13;/h2-7,17H,16H2,1H3;1H. The number of halogens is 1. The quantitative estimate of drug-likeness (QED) is 0.664. The SMILES string of the molecule is COC(=O)c1ccc(C(=N)c2ncccc2N)c(F)c1.[HH]. The maximum atomic E-state index is 14.0. The van der Waals surface area contributed by atoms with Crippen molar-refractivity contribution in [3.05, 3.63) is 59.2 Å². The highest BCUT2D eigenvalue weighted by molar-refractivity contribution is 6.12. The number of ether oxygens (including phenoxy) is 1. The fourth-order valence-electron chi connectivity index (χ4n) is 1.72. The number of nitrogens with one attached hydrogen (secondary N) is 1. The van der Waals surface area contributed by atoms with Crippen molar-refractivity contribution in [2.75, 3.05) is 12.8 Å². The van der Waals surface area contributed by atoms with E-state index in [-0.39, 0.29) is 29.6 Å². The topological polar surface area (TPSA) is 89.1 Å². The molecule has 20 heavy (non-hydrogen) atoms. The summed E-state index contributed by atoms with van der Waals surface area (Å²) in [4.78, 5) is 15.3. The zero-order valence-electron chi connectivity index (χ0n) is 10.7. The van der Waals surface area contributed by atoms with Gasteiger partial charge in [0.25, 0.3) is 0 Å². The summed E-state index contributed by atoms with van der Waals surface area (Å²) >= 11 is 0. The van der Waals surface area contributed by atoms with E-state index in [1.54, 1.807) is 12.1 Å². The predicted octanol–water partition coefficient (Wildman–Crippen LogP) is 2.25. The molecule has 0 amide bonds. The highest BCUT2D eigenvalue weighted by Crippen LogP contribution is 2.18. The van der Waals surface area contributed by atoms with Crippen LogP contribution in [0.15, 0.2) is 36.5 Å². The summed E-state index contributed by atoms with van der Waals surface area (Å²) in [5.74, 6) is -1.35. The highest BCUT2D eigenvalue weighted by atomic mass is 19.1. The molecular weight excluding hydrogens is 261 g/mol. The van der Waals surface area contributed by atoms with Crippen molar-refractivity contribution in [2.45, 2.75) is 0 Å². The van der Waals surface area contributed by atoms with Crippen LogP contribution in [0.1, 0.15) is 23.0 Å². The van der Waals surface area contributed by atoms with Crippen LogP contribution in [0.2, 0.25) is 0 Å². The first kappa shape index (κ1) is 13.7. The Bertz CT molecular complexity index is 692. The van der Waals surface area contributed by atoms with Gasteiger partial charge in [0.2, 0.25) is 0 Å². The Morgan fingerprint density at radius 2 is 2.20 bits per heavy atom. The Morgan fingerprint density at radius 1 is 1.45 bits per heavy atom. The van der Waals surface area contributed by atoms with Gasteiger partial charge in [-0.15, -0.1) is 0 Å². The Labute approximate surface area is 116 Å². The minimum absolute atomic E-state index is 0. The number of pyridine rings is 1. The van der Waals surface area contributed by atoms with E-state index in [9.17, 15) is 9.18 Å². The molecule has 0 atom stereocenters. The maximum absolute atomic E-state index is 14.0. The molecule has 2 aromatic rings. The lowest BCUT2D eigenvalue weighted by atomic mass is 10.0. The second kappa shape index (κ2) is 5.48. The van der Waals surface area contributed by atoms with Gasteiger partial charge in [-0.2, -0.15) is 0 Å². The Hall–Kier alpha value is -2.76. The van der Waals surface area contributed by atoms with Gasteiger partial charge in [-0.3, -0.25) is 10.4 Å². The minimum atomic E-state index is -0.706. The Balaban J connectivity index is 0.00000220. The van der Waals surface area contributed by atoms with Gasteiger partial charge in [0.1, 0.15) is 11.5 Å². The smallest absolute Gasteiger partial charge is 0.337 e. The van der Waals surface area contributed by atoms with Crippen molar-refractivity contribution < 1.29 is 15.3 Å². The molecule has 1 aromatic heterocycles. The van der Waals surface area contributed by atoms with E-state index in [2.05, 4.69) is 9.72 Å². The lowest BCUT2D eigenvalue weighted by Gasteiger charge is -2.08. The highest BCUT2D eigenvalue weighted by Gasteiger charge is 2.16. The average molecular weight is 275 g/mol. The molecule has 0 aliphatic heterocycles. The van der Waals surface area contributed by atoms with Crippen LogP contribution in [0.3, 0.4) is 0 Å². The summed E-state index contributed by atoms with van der Waals surface area (Å²) in [7, 11) is 1.21. The van der Waals surface area contributed by atoms with Gasteiger partial charge in [0.05, 0.1) is 24.1 Å². The molecule has 0 saturated heterocycles. The molecule has 0 unspecified atom stereocenters. The van der Waals surface area contributed by atoms with Crippen molar-refractivity contribution in [2.24, 2.45) is 0 Å². The number of hydrogen-bond acceptors (Lipinski definition) is 5. The largest absolute Gasteiger partial charge is 0.465 e. The van der Waals surface area contributed by atoms with Crippen molar-refractivity contribution in [3.8, 4) is 0 Å². The van der Waals surface area contributed by atoms with Crippen molar-refractivity contribution in [1.82, 2.24) is 4.98 Å². The van der Waals surface area contributed by atoms with Crippen LogP contribution in [0, 0.1) is 11.2 Å². The van der Waals surface area contributed by atoms with Crippen LogP contribution in [-0.2, 0) is 4.74 Å². The van der Waals surface area contributed by atoms with Gasteiger partial charge < -0.3 is 10.5 Å². The second-order valence-corrected chi connectivity index (χ2v) is 4.00. The molecule has 0 bridgehead atoms. The van der Waals surface area contributed by atoms with E-state index in [4.69, 9.17) is 11.1 Å². The van der Waals surface area contributed by atoms with E-state index >= 15 is 0 Å². The number of benzene rings is 1. The van der Waals surface area contributed by atoms with Gasteiger partial charge in [-0.05, 0) is 30.3 Å². The first-order valence-electron chi connectivity index (χ1n) is 5.72. The number of nitrogens with zero attached hydrogens (tertiary/aromatic N) is 1. The summed E-state index contributed by atoms with van der Waals surface area (Å²) < 4.78 is 18.5. The number of carbonyl (C=O) groups is 1. The third-order valence-corrected chi connectivity index (χ3v) is 2.74. The maximum Gasteiger partial charge on any atom is 0.337 e. The Morgan fingerprint density at radius 3 is 2.80 bits per heavy atom. The number of rotatable bonds is 3. The molecule has 6 heteroatoms. The first-order chi connectivity index (χ1) is 9.54. The fraction of sp³-hybridized carbons (Fsp3) is 0.0714. The molecule has 3 N–H and O–H groups in total. The van der Waals surface area contributed by atoms with Crippen LogP contribution in [0.4, 0.5) is 10.1 Å². The van der Waals surface area contributed by atoms with Crippen molar-refractivity contribution in [1.29, 1.82) is 5.41 Å². The number of esters is 1. The molecular formula is C14H14FN3O2. The number of methoxy groups -OCH3 is 1. The summed E-state index contributed by atoms with van der Waals surface area (Å²) in [5.41, 5.74) is 6.14. The summed E-state index contributed by atoms with van der Waals surface area (Å²) in [6, 6.07) is 6.95. The zero-order chi connectivity index (χ0) is 14.7. The molecule has 1 heterocycles. The number of nitrogen functional groups attached to an aromatic ring is 1.